The van der Waals surface area contributed by atoms with Crippen molar-refractivity contribution >= 4 is 5.57 Å². The maximum atomic E-state index is 14.1. The van der Waals surface area contributed by atoms with Gasteiger partial charge in [0.05, 0.1) is 12.2 Å². The summed E-state index contributed by atoms with van der Waals surface area (Å²) in [6, 6.07) is 25.4. The molecular formula is C30H36F2N2. The molecule has 0 atom stereocenters. The van der Waals surface area contributed by atoms with Gasteiger partial charge in [0.2, 0.25) is 0 Å². The van der Waals surface area contributed by atoms with E-state index in [0.29, 0.717) is 5.56 Å². The van der Waals surface area contributed by atoms with Crippen molar-refractivity contribution < 1.29 is 8.78 Å². The van der Waals surface area contributed by atoms with Gasteiger partial charge in [0.1, 0.15) is 17.5 Å². The summed E-state index contributed by atoms with van der Waals surface area (Å²) < 4.78 is 29.2. The summed E-state index contributed by atoms with van der Waals surface area (Å²) in [5.74, 6) is -0.390. The van der Waals surface area contributed by atoms with Crippen LogP contribution in [-0.2, 0) is 6.54 Å². The molecule has 3 aromatic carbocycles. The zero-order valence-electron chi connectivity index (χ0n) is 21.1. The number of rotatable bonds is 4. The molecule has 0 spiro atoms. The molecule has 1 aromatic heterocycles. The van der Waals surface area contributed by atoms with E-state index in [4.69, 9.17) is 0 Å². The predicted octanol–water partition coefficient (Wildman–Crippen LogP) is 8.96. The van der Waals surface area contributed by atoms with Gasteiger partial charge in [-0.05, 0) is 25.5 Å². The average molecular weight is 463 g/mol. The highest BCUT2D eigenvalue weighted by Crippen LogP contribution is 2.27. The molecule has 0 N–H and O–H groups in total. The van der Waals surface area contributed by atoms with Crippen LogP contribution in [0.2, 0.25) is 0 Å². The van der Waals surface area contributed by atoms with Crippen LogP contribution in [0.3, 0.4) is 0 Å². The summed E-state index contributed by atoms with van der Waals surface area (Å²) in [7, 11) is 0. The van der Waals surface area contributed by atoms with E-state index in [1.165, 1.54) is 12.1 Å². The van der Waals surface area contributed by atoms with Crippen LogP contribution in [0, 0.1) is 18.6 Å². The topological polar surface area (TPSA) is 17.8 Å². The Labute approximate surface area is 203 Å². The highest BCUT2D eigenvalue weighted by molar-refractivity contribution is 5.66. The van der Waals surface area contributed by atoms with E-state index >= 15 is 0 Å². The quantitative estimate of drug-likeness (QED) is 0.296. The first-order valence-corrected chi connectivity index (χ1v) is 11.7. The second-order valence-electron chi connectivity index (χ2n) is 6.99. The van der Waals surface area contributed by atoms with Gasteiger partial charge in [-0.25, -0.2) is 13.8 Å². The maximum Gasteiger partial charge on any atom is 0.141 e. The molecule has 0 aliphatic heterocycles. The minimum absolute atomic E-state index is 0.280. The summed E-state index contributed by atoms with van der Waals surface area (Å²) in [6.07, 6.45) is 0. The fourth-order valence-corrected chi connectivity index (χ4v) is 3.14. The largest absolute Gasteiger partial charge is 0.323 e. The van der Waals surface area contributed by atoms with Crippen LogP contribution in [-0.4, -0.2) is 9.55 Å². The van der Waals surface area contributed by atoms with Crippen molar-refractivity contribution in [2.24, 2.45) is 0 Å². The normalized spacial score (nSPS) is 9.41. The first-order chi connectivity index (χ1) is 16.5. The molecule has 34 heavy (non-hydrogen) atoms. The number of aromatic nitrogens is 2. The highest BCUT2D eigenvalue weighted by Gasteiger charge is 2.17. The standard InChI is InChI=1S/C20H18F2N2.C6H6.2C2H6/c1-13(2)19-14(3)24(12-16-9-10-17(21)11-18(16)22)20(23-19)15-7-5-4-6-8-15;1-2-4-6-5-3-1;2*1-2/h4-11H,1,12H2,2-3H3;1-6H;2*1-2H3. The molecule has 1 heterocycles. The molecule has 0 saturated heterocycles. The molecule has 4 rings (SSSR count). The Morgan fingerprint density at radius 2 is 1.32 bits per heavy atom. The van der Waals surface area contributed by atoms with Gasteiger partial charge in [0.25, 0.3) is 0 Å². The van der Waals surface area contributed by atoms with Gasteiger partial charge >= 0.3 is 0 Å². The van der Waals surface area contributed by atoms with Crippen molar-refractivity contribution in [1.82, 2.24) is 9.55 Å². The smallest absolute Gasteiger partial charge is 0.141 e. The number of imidazole rings is 1. The second kappa shape index (κ2) is 15.3. The van der Waals surface area contributed by atoms with Crippen LogP contribution in [0.4, 0.5) is 8.78 Å². The zero-order valence-corrected chi connectivity index (χ0v) is 21.1. The lowest BCUT2D eigenvalue weighted by molar-refractivity contribution is 0.565. The van der Waals surface area contributed by atoms with E-state index in [1.54, 1.807) is 0 Å². The van der Waals surface area contributed by atoms with E-state index < -0.39 is 11.6 Å². The van der Waals surface area contributed by atoms with Crippen LogP contribution in [0.25, 0.3) is 17.0 Å². The molecule has 0 amide bonds. The Hall–Kier alpha value is -3.53. The van der Waals surface area contributed by atoms with Crippen LogP contribution >= 0.6 is 0 Å². The minimum atomic E-state index is -0.579. The molecule has 180 valence electrons. The molecule has 0 radical (unpaired) electrons. The molecule has 0 aliphatic carbocycles. The van der Waals surface area contributed by atoms with Gasteiger partial charge in [-0.15, -0.1) is 0 Å². The summed E-state index contributed by atoms with van der Waals surface area (Å²) in [4.78, 5) is 4.69. The van der Waals surface area contributed by atoms with Gasteiger partial charge in [-0.1, -0.05) is 107 Å². The van der Waals surface area contributed by atoms with Gasteiger partial charge in [0, 0.05) is 22.9 Å². The molecule has 0 fully saturated rings. The second-order valence-corrected chi connectivity index (χ2v) is 6.99. The monoisotopic (exact) mass is 462 g/mol. The van der Waals surface area contributed by atoms with E-state index in [2.05, 4.69) is 11.6 Å². The van der Waals surface area contributed by atoms with E-state index in [-0.39, 0.29) is 6.54 Å². The third-order valence-electron chi connectivity index (χ3n) is 4.67. The molecule has 0 aliphatic rings. The van der Waals surface area contributed by atoms with E-state index in [9.17, 15) is 8.78 Å². The number of allylic oxidation sites excluding steroid dienone is 1. The Morgan fingerprint density at radius 3 is 1.79 bits per heavy atom. The van der Waals surface area contributed by atoms with Gasteiger partial charge in [-0.3, -0.25) is 0 Å². The fourth-order valence-electron chi connectivity index (χ4n) is 3.14. The summed E-state index contributed by atoms with van der Waals surface area (Å²) >= 11 is 0. The summed E-state index contributed by atoms with van der Waals surface area (Å²) in [6.45, 7) is 16.1. The Bertz CT molecular complexity index is 1090. The molecule has 0 unspecified atom stereocenters. The van der Waals surface area contributed by atoms with Crippen molar-refractivity contribution in [3.63, 3.8) is 0 Å². The number of halogens is 2. The number of hydrogen-bond donors (Lipinski definition) is 0. The minimum Gasteiger partial charge on any atom is -0.323 e. The van der Waals surface area contributed by atoms with Crippen LogP contribution in [0.15, 0.2) is 91.5 Å². The predicted molar refractivity (Wildman–Crippen MR) is 142 cm³/mol. The molecule has 4 aromatic rings. The van der Waals surface area contributed by atoms with Crippen LogP contribution in [0.5, 0.6) is 0 Å². The Balaban J connectivity index is 0.000000489. The Morgan fingerprint density at radius 1 is 0.824 bits per heavy atom. The third kappa shape index (κ3) is 8.11. The van der Waals surface area contributed by atoms with Gasteiger partial charge in [-0.2, -0.15) is 0 Å². The number of hydrogen-bond acceptors (Lipinski definition) is 1. The zero-order chi connectivity index (χ0) is 25.5. The molecule has 0 saturated carbocycles. The molecule has 4 heteroatoms. The number of nitrogens with zero attached hydrogens (tertiary/aromatic N) is 2. The van der Waals surface area contributed by atoms with Crippen molar-refractivity contribution in [3.05, 3.63) is 120 Å². The lowest BCUT2D eigenvalue weighted by atomic mass is 10.1. The van der Waals surface area contributed by atoms with Gasteiger partial charge in [0.15, 0.2) is 0 Å². The summed E-state index contributed by atoms with van der Waals surface area (Å²) in [5, 5.41) is 0. The average Bonchev–Trinajstić information content (AvgIpc) is 3.21. The fraction of sp³-hybridized carbons (Fsp3) is 0.233. The third-order valence-corrected chi connectivity index (χ3v) is 4.67. The van der Waals surface area contributed by atoms with Crippen molar-refractivity contribution in [2.75, 3.05) is 0 Å². The van der Waals surface area contributed by atoms with Crippen LogP contribution in [0.1, 0.15) is 51.6 Å². The lowest BCUT2D eigenvalue weighted by Crippen LogP contribution is -2.06. The van der Waals surface area contributed by atoms with E-state index in [0.717, 1.165) is 34.4 Å². The SMILES string of the molecule is C=C(C)c1nc(-c2ccccc2)n(Cc2ccc(F)cc2F)c1C.CC.CC.c1ccccc1. The summed E-state index contributed by atoms with van der Waals surface area (Å²) in [5.41, 5.74) is 3.92. The molecular weight excluding hydrogens is 426 g/mol. The van der Waals surface area contributed by atoms with Crippen molar-refractivity contribution in [3.8, 4) is 11.4 Å². The molecule has 0 bridgehead atoms. The van der Waals surface area contributed by atoms with Gasteiger partial charge < -0.3 is 4.57 Å². The van der Waals surface area contributed by atoms with Crippen molar-refractivity contribution in [2.45, 2.75) is 48.1 Å². The van der Waals surface area contributed by atoms with Crippen molar-refractivity contribution in [1.29, 1.82) is 0 Å². The lowest BCUT2D eigenvalue weighted by Gasteiger charge is -2.11. The number of benzene rings is 3. The van der Waals surface area contributed by atoms with E-state index in [1.807, 2.05) is 113 Å². The maximum absolute atomic E-state index is 14.1. The highest BCUT2D eigenvalue weighted by atomic mass is 19.1. The van der Waals surface area contributed by atoms with Crippen LogP contribution < -0.4 is 0 Å². The first kappa shape index (κ1) is 28.5. The Kier molecular flexibility index (Phi) is 12.9. The molecule has 2 nitrogen and oxygen atoms in total. The first-order valence-electron chi connectivity index (χ1n) is 11.7.